The third kappa shape index (κ3) is 5.13. The maximum atomic E-state index is 12.2. The third-order valence-corrected chi connectivity index (χ3v) is 5.54. The Labute approximate surface area is 130 Å². The van der Waals surface area contributed by atoms with Crippen molar-refractivity contribution < 1.29 is 14.4 Å². The first kappa shape index (κ1) is 17.6. The summed E-state index contributed by atoms with van der Waals surface area (Å²) in [7, 11) is 0. The van der Waals surface area contributed by atoms with Crippen molar-refractivity contribution in [3.8, 4) is 0 Å². The number of likely N-dealkylation sites (tertiary alicyclic amines) is 1. The van der Waals surface area contributed by atoms with Crippen LogP contribution in [0.5, 0.6) is 0 Å². The van der Waals surface area contributed by atoms with E-state index in [2.05, 4.69) is 12.6 Å². The summed E-state index contributed by atoms with van der Waals surface area (Å²) >= 11 is 6.00. The molecular formula is C14H23NO3S2. The van der Waals surface area contributed by atoms with Gasteiger partial charge in [0.2, 0.25) is 11.8 Å². The maximum Gasteiger partial charge on any atom is 0.242 e. The van der Waals surface area contributed by atoms with Crippen molar-refractivity contribution in [1.82, 2.24) is 4.90 Å². The summed E-state index contributed by atoms with van der Waals surface area (Å²) < 4.78 is -0.277. The van der Waals surface area contributed by atoms with Crippen LogP contribution in [0.15, 0.2) is 0 Å². The number of hydrogen-bond donors (Lipinski definition) is 1. The lowest BCUT2D eigenvalue weighted by molar-refractivity contribution is -0.138. The molecule has 1 heterocycles. The summed E-state index contributed by atoms with van der Waals surface area (Å²) in [6.45, 7) is 4.47. The summed E-state index contributed by atoms with van der Waals surface area (Å²) in [5, 5.41) is -0.292. The zero-order valence-corrected chi connectivity index (χ0v) is 13.8. The van der Waals surface area contributed by atoms with Crippen LogP contribution < -0.4 is 0 Å². The molecule has 0 saturated carbocycles. The molecule has 20 heavy (non-hydrogen) atoms. The number of unbranched alkanes of at least 4 members (excludes halogenated alkanes) is 3. The van der Waals surface area contributed by atoms with E-state index in [-0.39, 0.29) is 27.6 Å². The van der Waals surface area contributed by atoms with Gasteiger partial charge in [0.15, 0.2) is 0 Å². The van der Waals surface area contributed by atoms with Crippen molar-refractivity contribution in [1.29, 1.82) is 0 Å². The Balaban J connectivity index is 2.44. The molecular weight excluding hydrogens is 294 g/mol. The van der Waals surface area contributed by atoms with Crippen molar-refractivity contribution in [3.05, 3.63) is 0 Å². The van der Waals surface area contributed by atoms with Crippen molar-refractivity contribution in [2.45, 2.75) is 61.7 Å². The number of nitrogens with zero attached hydrogens (tertiary/aromatic N) is 1. The lowest BCUT2D eigenvalue weighted by atomic mass is 10.2. The van der Waals surface area contributed by atoms with E-state index in [0.717, 1.165) is 32.0 Å². The van der Waals surface area contributed by atoms with E-state index in [0.29, 0.717) is 13.0 Å². The third-order valence-electron chi connectivity index (χ3n) is 3.46. The van der Waals surface area contributed by atoms with Gasteiger partial charge < -0.3 is 4.79 Å². The molecule has 1 rings (SSSR count). The van der Waals surface area contributed by atoms with Crippen molar-refractivity contribution in [2.75, 3.05) is 6.54 Å². The van der Waals surface area contributed by atoms with Crippen molar-refractivity contribution >= 4 is 42.5 Å². The molecule has 6 heteroatoms. The summed E-state index contributed by atoms with van der Waals surface area (Å²) in [5.41, 5.74) is 0. The lowest BCUT2D eigenvalue weighted by Crippen LogP contribution is -2.33. The number of thiol groups is 1. The van der Waals surface area contributed by atoms with Crippen LogP contribution in [0.25, 0.3) is 0 Å². The zero-order chi connectivity index (χ0) is 15.2. The number of amides is 2. The van der Waals surface area contributed by atoms with Gasteiger partial charge in [0, 0.05) is 19.4 Å². The van der Waals surface area contributed by atoms with Crippen LogP contribution in [-0.4, -0.2) is 38.9 Å². The minimum Gasteiger partial charge on any atom is -0.303 e. The van der Waals surface area contributed by atoms with Gasteiger partial charge in [-0.05, 0) is 26.2 Å². The normalized spacial score (nSPS) is 22.1. The molecule has 1 saturated heterocycles. The van der Waals surface area contributed by atoms with E-state index in [1.165, 1.54) is 16.7 Å². The molecule has 0 aromatic rings. The van der Waals surface area contributed by atoms with E-state index in [1.807, 2.05) is 13.8 Å². The van der Waals surface area contributed by atoms with E-state index in [4.69, 9.17) is 0 Å². The number of aldehydes is 1. The Morgan fingerprint density at radius 2 is 2.10 bits per heavy atom. The fourth-order valence-corrected chi connectivity index (χ4v) is 3.66. The van der Waals surface area contributed by atoms with E-state index < -0.39 is 0 Å². The highest BCUT2D eigenvalue weighted by Crippen LogP contribution is 2.39. The maximum absolute atomic E-state index is 12.2. The molecule has 1 fully saturated rings. The molecule has 114 valence electrons. The Kier molecular flexibility index (Phi) is 7.09. The smallest absolute Gasteiger partial charge is 0.242 e. The second-order valence-corrected chi connectivity index (χ2v) is 8.23. The number of hydrogen-bond acceptors (Lipinski definition) is 5. The Morgan fingerprint density at radius 3 is 2.70 bits per heavy atom. The highest BCUT2D eigenvalue weighted by Gasteiger charge is 2.41. The van der Waals surface area contributed by atoms with E-state index in [9.17, 15) is 14.4 Å². The van der Waals surface area contributed by atoms with Crippen molar-refractivity contribution in [3.63, 3.8) is 0 Å². The summed E-state index contributed by atoms with van der Waals surface area (Å²) in [6.07, 6.45) is 5.04. The first-order valence-corrected chi connectivity index (χ1v) is 8.42. The minimum absolute atomic E-state index is 0.0795. The number of carbonyl (C=O) groups is 3. The van der Waals surface area contributed by atoms with Gasteiger partial charge in [0.25, 0.3) is 0 Å². The molecule has 0 N–H and O–H groups in total. The topological polar surface area (TPSA) is 54.5 Å². The largest absolute Gasteiger partial charge is 0.303 e. The van der Waals surface area contributed by atoms with Gasteiger partial charge in [-0.15, -0.1) is 11.8 Å². The second-order valence-electron chi connectivity index (χ2n) is 5.24. The standard InChI is InChI=1S/C14H23NO3S2/c1-3-14(2,19)20-11-10-12(17)15(13(11)18)8-6-4-5-7-9-16/h9,11,19H,3-8,10H2,1-2H3. The molecule has 0 radical (unpaired) electrons. The molecule has 0 spiro atoms. The predicted octanol–water partition coefficient (Wildman–Crippen LogP) is 2.66. The first-order valence-electron chi connectivity index (χ1n) is 7.09. The Morgan fingerprint density at radius 1 is 1.40 bits per heavy atom. The highest BCUT2D eigenvalue weighted by molar-refractivity contribution is 8.12. The van der Waals surface area contributed by atoms with Crippen LogP contribution >= 0.6 is 24.4 Å². The first-order chi connectivity index (χ1) is 9.41. The number of carbonyl (C=O) groups excluding carboxylic acids is 3. The lowest BCUT2D eigenvalue weighted by Gasteiger charge is -2.24. The van der Waals surface area contributed by atoms with Gasteiger partial charge in [0.05, 0.1) is 9.33 Å². The van der Waals surface area contributed by atoms with Gasteiger partial charge in [-0.2, -0.15) is 12.6 Å². The highest BCUT2D eigenvalue weighted by atomic mass is 32.2. The zero-order valence-electron chi connectivity index (χ0n) is 12.1. The molecule has 0 aromatic heterocycles. The van der Waals surface area contributed by atoms with Crippen molar-refractivity contribution in [2.24, 2.45) is 0 Å². The van der Waals surface area contributed by atoms with Crippen LogP contribution in [0.1, 0.15) is 52.4 Å². The molecule has 1 aliphatic heterocycles. The molecule has 2 amide bonds. The SMILES string of the molecule is CCC(C)(S)SC1CC(=O)N(CCCCCC=O)C1=O. The molecule has 0 aromatic carbocycles. The van der Waals surface area contributed by atoms with Gasteiger partial charge in [-0.1, -0.05) is 13.3 Å². The van der Waals surface area contributed by atoms with Gasteiger partial charge >= 0.3 is 0 Å². The van der Waals surface area contributed by atoms with Gasteiger partial charge in [0.1, 0.15) is 6.29 Å². The predicted molar refractivity (Wildman–Crippen MR) is 84.9 cm³/mol. The van der Waals surface area contributed by atoms with Gasteiger partial charge in [-0.3, -0.25) is 14.5 Å². The quantitative estimate of drug-likeness (QED) is 0.233. The fraction of sp³-hybridized carbons (Fsp3) is 0.786. The van der Waals surface area contributed by atoms with Gasteiger partial charge in [-0.25, -0.2) is 0 Å². The van der Waals surface area contributed by atoms with E-state index in [1.54, 1.807) is 0 Å². The molecule has 4 nitrogen and oxygen atoms in total. The molecule has 2 unspecified atom stereocenters. The molecule has 0 aliphatic carbocycles. The fourth-order valence-electron chi connectivity index (χ4n) is 2.04. The van der Waals surface area contributed by atoms with Crippen LogP contribution in [-0.2, 0) is 14.4 Å². The monoisotopic (exact) mass is 317 g/mol. The van der Waals surface area contributed by atoms with Crippen LogP contribution in [0.2, 0.25) is 0 Å². The minimum atomic E-state index is -0.292. The number of rotatable bonds is 9. The molecule has 2 atom stereocenters. The molecule has 1 aliphatic rings. The van der Waals surface area contributed by atoms with Crippen LogP contribution in [0.4, 0.5) is 0 Å². The second kappa shape index (κ2) is 8.08. The Hall–Kier alpha value is -0.490. The summed E-state index contributed by atoms with van der Waals surface area (Å²) in [6, 6.07) is 0. The summed E-state index contributed by atoms with van der Waals surface area (Å²) in [4.78, 5) is 35.7. The molecule has 0 bridgehead atoms. The van der Waals surface area contributed by atoms with Crippen LogP contribution in [0.3, 0.4) is 0 Å². The van der Waals surface area contributed by atoms with E-state index >= 15 is 0 Å². The van der Waals surface area contributed by atoms with Crippen LogP contribution in [0, 0.1) is 0 Å². The Bertz CT molecular complexity index is 371. The average Bonchev–Trinajstić information content (AvgIpc) is 2.65. The number of thioether (sulfide) groups is 1. The summed E-state index contributed by atoms with van der Waals surface area (Å²) in [5.74, 6) is -0.160. The number of imide groups is 1. The average molecular weight is 317 g/mol.